The predicted octanol–water partition coefficient (Wildman–Crippen LogP) is 3.50. The van der Waals surface area contributed by atoms with Gasteiger partial charge in [0.15, 0.2) is 0 Å². The van der Waals surface area contributed by atoms with Crippen molar-refractivity contribution in [2.45, 2.75) is 45.6 Å². The molecule has 29 heavy (non-hydrogen) atoms. The molecule has 9 heteroatoms. The average molecular weight is 556 g/mol. The minimum Gasteiger partial charge on any atom is -0.870 e. The molecule has 1 atom stereocenters. The molecule has 0 aromatic carbocycles. The Hall–Kier alpha value is -1.29. The molecule has 2 heterocycles. The molecule has 0 aliphatic heterocycles. The number of allylic oxidation sites excluding steroid dienone is 1. The van der Waals surface area contributed by atoms with E-state index in [0.717, 1.165) is 42.1 Å². The van der Waals surface area contributed by atoms with Gasteiger partial charge in [-0.3, -0.25) is 0 Å². The van der Waals surface area contributed by atoms with E-state index in [1.165, 1.54) is 0 Å². The Kier molecular flexibility index (Phi) is 11.6. The molecule has 2 rings (SSSR count). The van der Waals surface area contributed by atoms with E-state index >= 15 is 0 Å². The molecule has 2 aromatic heterocycles. The molecule has 0 saturated carbocycles. The van der Waals surface area contributed by atoms with Crippen LogP contribution in [0.3, 0.4) is 0 Å². The van der Waals surface area contributed by atoms with Gasteiger partial charge in [0.1, 0.15) is 0 Å². The van der Waals surface area contributed by atoms with Crippen molar-refractivity contribution in [1.29, 1.82) is 0 Å². The van der Waals surface area contributed by atoms with Gasteiger partial charge in [0.25, 0.3) is 0 Å². The number of aliphatic hydroxyl groups is 1. The molecule has 7 nitrogen and oxygen atoms in total. The number of nitrogens with zero attached hydrogens (tertiary/aromatic N) is 4. The van der Waals surface area contributed by atoms with Crippen molar-refractivity contribution in [3.05, 3.63) is 42.1 Å². The van der Waals surface area contributed by atoms with Crippen molar-refractivity contribution in [2.75, 3.05) is 21.6 Å². The maximum absolute atomic E-state index is 9.44. The number of hydrogen-bond acceptors (Lipinski definition) is 6. The van der Waals surface area contributed by atoms with Gasteiger partial charge in [0.2, 0.25) is 0 Å². The van der Waals surface area contributed by atoms with E-state index in [1.54, 1.807) is 17.1 Å². The number of fused-ring (bicyclic) bond motifs is 1. The predicted molar refractivity (Wildman–Crippen MR) is 123 cm³/mol. The van der Waals surface area contributed by atoms with Crippen LogP contribution in [-0.4, -0.2) is 49.4 Å². The summed E-state index contributed by atoms with van der Waals surface area (Å²) in [6, 6.07) is 2.19. The fraction of sp³-hybridized carbons (Fsp3) is 0.450. The molecule has 0 bridgehead atoms. The zero-order valence-corrected chi connectivity index (χ0v) is 19.8. The molecule has 164 valence electrons. The van der Waals surface area contributed by atoms with Gasteiger partial charge >= 0.3 is 164 Å². The fourth-order valence-electron chi connectivity index (χ4n) is 2.93. The van der Waals surface area contributed by atoms with Crippen molar-refractivity contribution in [3.8, 4) is 0 Å². The Morgan fingerprint density at radius 1 is 1.45 bits per heavy atom. The Morgan fingerprint density at radius 3 is 2.83 bits per heavy atom. The molecule has 0 amide bonds. The van der Waals surface area contributed by atoms with Gasteiger partial charge in [-0.1, -0.05) is 13.3 Å². The number of halogens is 1. The van der Waals surface area contributed by atoms with Gasteiger partial charge < -0.3 is 10.6 Å². The average Bonchev–Trinajstić information content (AvgIpc) is 3.12. The van der Waals surface area contributed by atoms with Crippen LogP contribution in [0, 0.1) is 6.58 Å². The second-order valence-electron chi connectivity index (χ2n) is 6.42. The van der Waals surface area contributed by atoms with Crippen LogP contribution in [0.5, 0.6) is 0 Å². The van der Waals surface area contributed by atoms with Gasteiger partial charge in [0.05, 0.1) is 0 Å². The molecule has 3 N–H and O–H groups in total. The number of hydrogen-bond donors (Lipinski definition) is 2. The van der Waals surface area contributed by atoms with Crippen molar-refractivity contribution in [3.63, 3.8) is 0 Å². The molecule has 0 saturated heterocycles. The fourth-order valence-corrected chi connectivity index (χ4v) is 3.83. The first kappa shape index (κ1) is 25.7. The molecule has 0 aliphatic rings. The maximum atomic E-state index is 9.44. The number of aromatic nitrogens is 3. The van der Waals surface area contributed by atoms with Gasteiger partial charge in [0, 0.05) is 6.61 Å². The molecule has 0 fully saturated rings. The van der Waals surface area contributed by atoms with Crippen LogP contribution in [0.1, 0.15) is 38.7 Å². The number of aliphatic hydroxyl groups excluding tert-OH is 1. The van der Waals surface area contributed by atoms with Crippen molar-refractivity contribution < 1.29 is 25.6 Å². The number of nitrogens with one attached hydrogen (secondary N) is 1. The van der Waals surface area contributed by atoms with Crippen LogP contribution in [-0.2, 0) is 21.5 Å². The van der Waals surface area contributed by atoms with Gasteiger partial charge in [-0.2, -0.15) is 0 Å². The summed E-state index contributed by atoms with van der Waals surface area (Å²) in [5, 5.41) is 17.3. The third-order valence-corrected chi connectivity index (χ3v) is 5.85. The molecule has 0 unspecified atom stereocenters. The minimum absolute atomic E-state index is 0. The Bertz CT molecular complexity index is 834. The zero-order chi connectivity index (χ0) is 20.5. The Balaban J connectivity index is 0.00000420. The van der Waals surface area contributed by atoms with Crippen LogP contribution >= 0.6 is 22.9 Å². The van der Waals surface area contributed by atoms with Crippen molar-refractivity contribution in [2.24, 2.45) is 0 Å². The smallest absolute Gasteiger partial charge is 0.870 e. The first-order chi connectivity index (χ1) is 13.5. The molecular weight excluding hydrogens is 528 g/mol. The minimum atomic E-state index is 0. The van der Waals surface area contributed by atoms with Gasteiger partial charge in [-0.05, 0) is 0 Å². The first-order valence-electron chi connectivity index (χ1n) is 9.40. The summed E-state index contributed by atoms with van der Waals surface area (Å²) < 4.78 is 3.93. The third-order valence-electron chi connectivity index (χ3n) is 4.38. The normalized spacial score (nSPS) is 12.1. The van der Waals surface area contributed by atoms with E-state index in [2.05, 4.69) is 65.3 Å². The standard InChI is InChI=1S/C20H27IN5O.Ni.H2O/c1-5-8-15(4)13-22-18-12-19(25(21)17(9-6-2)10-11-27)24-20-16(7-3)14-23-26(18)20;;/h1,4-5,8,12,14,17,22,27H,6-7,9-11,13H2,2-3H3;;1H2/q-1;;/p-1/b8-5-;;/t17-;;/m0../s1. The summed E-state index contributed by atoms with van der Waals surface area (Å²) >= 11 is 6.80. The quantitative estimate of drug-likeness (QED) is 0.137. The summed E-state index contributed by atoms with van der Waals surface area (Å²) in [6.07, 6.45) is 8.99. The van der Waals surface area contributed by atoms with Crippen LogP contribution in [0.4, 0.5) is 11.6 Å². The van der Waals surface area contributed by atoms with Crippen LogP contribution in [0.2, 0.25) is 0 Å². The second-order valence-corrected chi connectivity index (χ2v) is 7.79. The van der Waals surface area contributed by atoms with E-state index < -0.39 is 0 Å². The van der Waals surface area contributed by atoms with Crippen LogP contribution in [0.25, 0.3) is 5.65 Å². The first-order valence-corrected chi connectivity index (χ1v) is 10.9. The largest absolute Gasteiger partial charge is 0.870 e. The topological polar surface area (TPSA) is 95.7 Å². The van der Waals surface area contributed by atoms with Crippen molar-refractivity contribution in [1.82, 2.24) is 14.6 Å². The maximum Gasteiger partial charge on any atom is -0.870 e. The van der Waals surface area contributed by atoms with E-state index in [0.29, 0.717) is 18.5 Å². The molecule has 0 aliphatic carbocycles. The summed E-state index contributed by atoms with van der Waals surface area (Å²) in [7, 11) is 0. The Morgan fingerprint density at radius 2 is 2.21 bits per heavy atom. The van der Waals surface area contributed by atoms with E-state index in [1.807, 2.05) is 16.8 Å². The van der Waals surface area contributed by atoms with Gasteiger partial charge in [-0.25, -0.2) is 0 Å². The van der Waals surface area contributed by atoms with Gasteiger partial charge in [-0.15, -0.1) is 0 Å². The zero-order valence-electron chi connectivity index (χ0n) is 16.7. The molecule has 2 aromatic rings. The molecular formula is C20H28IN5NiO2-2. The monoisotopic (exact) mass is 555 g/mol. The van der Waals surface area contributed by atoms with Crippen LogP contribution < -0.4 is 8.43 Å². The summed E-state index contributed by atoms with van der Waals surface area (Å²) in [5.74, 6) is 1.66. The molecule has 0 radical (unpaired) electrons. The molecule has 0 spiro atoms. The second kappa shape index (κ2) is 13.1. The summed E-state index contributed by atoms with van der Waals surface area (Å²) in [4.78, 5) is 6.43. The van der Waals surface area contributed by atoms with Crippen LogP contribution in [0.15, 0.2) is 30.0 Å². The summed E-state index contributed by atoms with van der Waals surface area (Å²) in [5.41, 5.74) is 2.60. The number of aryl methyl sites for hydroxylation is 1. The third kappa shape index (κ3) is 6.88. The number of rotatable bonds is 12. The number of anilines is 2. The SMILES string of the molecule is [CH-]=C(/C=C\[CH]=[Ni])CNc1cc(N(I)[C@@H](CCC)CCO)nc2c(CC)cnn12.[OH-]. The van der Waals surface area contributed by atoms with E-state index in [9.17, 15) is 5.11 Å². The van der Waals surface area contributed by atoms with Crippen molar-refractivity contribution >= 4 is 45.1 Å². The van der Waals surface area contributed by atoms with E-state index in [-0.39, 0.29) is 18.1 Å². The summed E-state index contributed by atoms with van der Waals surface area (Å²) in [6.45, 7) is 10.9. The van der Waals surface area contributed by atoms with E-state index in [4.69, 9.17) is 11.6 Å². The Labute approximate surface area is 194 Å².